The highest BCUT2D eigenvalue weighted by Crippen LogP contribution is 2.26. The molecule has 0 aromatic heterocycles. The van der Waals surface area contributed by atoms with E-state index in [1.807, 2.05) is 6.07 Å². The van der Waals surface area contributed by atoms with Gasteiger partial charge < -0.3 is 20.1 Å². The van der Waals surface area contributed by atoms with E-state index < -0.39 is 11.7 Å². The van der Waals surface area contributed by atoms with Gasteiger partial charge in [0.2, 0.25) is 11.8 Å². The number of carbonyl (C=O) groups is 2. The number of benzene rings is 2. The molecule has 0 saturated carbocycles. The molecule has 2 rings (SSSR count). The lowest BCUT2D eigenvalue weighted by atomic mass is 10.2. The Bertz CT molecular complexity index is 764. The summed E-state index contributed by atoms with van der Waals surface area (Å²) in [5, 5.41) is 4.99. The third-order valence-corrected chi connectivity index (χ3v) is 3.22. The van der Waals surface area contributed by atoms with Gasteiger partial charge in [0.1, 0.15) is 5.82 Å². The van der Waals surface area contributed by atoms with Gasteiger partial charge in [-0.25, -0.2) is 4.39 Å². The molecule has 0 unspecified atom stereocenters. The highest BCUT2D eigenvalue weighted by atomic mass is 19.1. The number of amides is 2. The van der Waals surface area contributed by atoms with Crippen LogP contribution in [0.5, 0.6) is 11.5 Å². The highest BCUT2D eigenvalue weighted by Gasteiger charge is 2.09. The van der Waals surface area contributed by atoms with Crippen molar-refractivity contribution in [2.45, 2.75) is 13.3 Å². The second-order valence-electron chi connectivity index (χ2n) is 5.17. The van der Waals surface area contributed by atoms with Crippen molar-refractivity contribution in [2.75, 3.05) is 24.4 Å². The maximum atomic E-state index is 13.6. The average molecular weight is 346 g/mol. The zero-order valence-corrected chi connectivity index (χ0v) is 14.0. The quantitative estimate of drug-likeness (QED) is 0.807. The topological polar surface area (TPSA) is 76.7 Å². The van der Waals surface area contributed by atoms with Gasteiger partial charge in [0.25, 0.3) is 0 Å². The first-order chi connectivity index (χ1) is 12.0. The molecule has 0 atom stereocenters. The van der Waals surface area contributed by atoms with Crippen LogP contribution in [0.2, 0.25) is 0 Å². The first kappa shape index (κ1) is 18.3. The molecular formula is C18H19FN2O4. The minimum Gasteiger partial charge on any atom is -0.493 e. The van der Waals surface area contributed by atoms with Crippen molar-refractivity contribution in [2.24, 2.45) is 0 Å². The zero-order valence-electron chi connectivity index (χ0n) is 14.0. The Labute approximate surface area is 144 Å². The Morgan fingerprint density at radius 2 is 1.80 bits per heavy atom. The summed E-state index contributed by atoms with van der Waals surface area (Å²) in [6.45, 7) is 1.44. The molecule has 7 heteroatoms. The van der Waals surface area contributed by atoms with Crippen LogP contribution in [0.3, 0.4) is 0 Å². The van der Waals surface area contributed by atoms with E-state index in [1.165, 1.54) is 32.2 Å². The summed E-state index contributed by atoms with van der Waals surface area (Å²) in [6, 6.07) is 11.1. The van der Waals surface area contributed by atoms with Gasteiger partial charge in [-0.2, -0.15) is 0 Å². The van der Waals surface area contributed by atoms with Crippen LogP contribution in [0, 0.1) is 5.82 Å². The smallest absolute Gasteiger partial charge is 0.227 e. The number of hydrogen-bond acceptors (Lipinski definition) is 4. The molecule has 0 bridgehead atoms. The minimum atomic E-state index is -0.576. The van der Waals surface area contributed by atoms with Crippen molar-refractivity contribution in [1.29, 1.82) is 0 Å². The Morgan fingerprint density at radius 3 is 2.48 bits per heavy atom. The number of ether oxygens (including phenoxy) is 2. The molecule has 132 valence electrons. The fourth-order valence-corrected chi connectivity index (χ4v) is 2.10. The number of rotatable bonds is 7. The van der Waals surface area contributed by atoms with Crippen molar-refractivity contribution in [3.63, 3.8) is 0 Å². The van der Waals surface area contributed by atoms with Crippen LogP contribution in [0.4, 0.5) is 15.8 Å². The van der Waals surface area contributed by atoms with Crippen LogP contribution >= 0.6 is 0 Å². The van der Waals surface area contributed by atoms with E-state index >= 15 is 0 Å². The lowest BCUT2D eigenvalue weighted by Crippen LogP contribution is -2.16. The molecule has 6 nitrogen and oxygen atoms in total. The SMILES string of the molecule is COc1ccccc1OCCC(=O)Nc1ccc(F)c(NC(C)=O)c1. The van der Waals surface area contributed by atoms with E-state index in [1.54, 1.807) is 18.2 Å². The summed E-state index contributed by atoms with van der Waals surface area (Å²) in [6.07, 6.45) is 0.102. The second-order valence-corrected chi connectivity index (χ2v) is 5.17. The summed E-state index contributed by atoms with van der Waals surface area (Å²) in [7, 11) is 1.54. The monoisotopic (exact) mass is 346 g/mol. The molecule has 0 saturated heterocycles. The molecule has 0 spiro atoms. The molecule has 2 aromatic rings. The Balaban J connectivity index is 1.89. The van der Waals surface area contributed by atoms with Gasteiger partial charge in [0, 0.05) is 12.6 Å². The Kier molecular flexibility index (Phi) is 6.33. The maximum absolute atomic E-state index is 13.6. The number of methoxy groups -OCH3 is 1. The molecule has 0 fully saturated rings. The summed E-state index contributed by atoms with van der Waals surface area (Å²) in [5.41, 5.74) is 0.392. The van der Waals surface area contributed by atoms with Gasteiger partial charge in [0.05, 0.1) is 25.8 Å². The number of hydrogen-bond donors (Lipinski definition) is 2. The fourth-order valence-electron chi connectivity index (χ4n) is 2.10. The van der Waals surface area contributed by atoms with Crippen molar-refractivity contribution >= 4 is 23.2 Å². The van der Waals surface area contributed by atoms with Crippen LogP contribution in [0.15, 0.2) is 42.5 Å². The first-order valence-electron chi connectivity index (χ1n) is 7.62. The summed E-state index contributed by atoms with van der Waals surface area (Å²) >= 11 is 0. The van der Waals surface area contributed by atoms with Crippen LogP contribution in [-0.4, -0.2) is 25.5 Å². The molecule has 25 heavy (non-hydrogen) atoms. The predicted molar refractivity (Wildman–Crippen MR) is 92.4 cm³/mol. The molecule has 2 aromatic carbocycles. The summed E-state index contributed by atoms with van der Waals surface area (Å²) in [4.78, 5) is 23.0. The van der Waals surface area contributed by atoms with Crippen molar-refractivity contribution in [3.8, 4) is 11.5 Å². The Hall–Kier alpha value is -3.09. The molecule has 0 aliphatic rings. The van der Waals surface area contributed by atoms with E-state index in [2.05, 4.69) is 10.6 Å². The normalized spacial score (nSPS) is 10.0. The van der Waals surface area contributed by atoms with Crippen LogP contribution in [0.25, 0.3) is 0 Å². The largest absolute Gasteiger partial charge is 0.493 e. The van der Waals surface area contributed by atoms with Gasteiger partial charge in [0.15, 0.2) is 11.5 Å². The van der Waals surface area contributed by atoms with Gasteiger partial charge in [-0.15, -0.1) is 0 Å². The van der Waals surface area contributed by atoms with Gasteiger partial charge in [-0.05, 0) is 30.3 Å². The summed E-state index contributed by atoms with van der Waals surface area (Å²) in [5.74, 6) is -0.135. The maximum Gasteiger partial charge on any atom is 0.227 e. The van der Waals surface area contributed by atoms with Gasteiger partial charge in [-0.1, -0.05) is 12.1 Å². The average Bonchev–Trinajstić information content (AvgIpc) is 2.58. The molecule has 0 aliphatic heterocycles. The molecule has 2 N–H and O–H groups in total. The van der Waals surface area contributed by atoms with Crippen molar-refractivity contribution in [1.82, 2.24) is 0 Å². The predicted octanol–water partition coefficient (Wildman–Crippen LogP) is 3.20. The summed E-state index contributed by atoms with van der Waals surface area (Å²) < 4.78 is 24.3. The lowest BCUT2D eigenvalue weighted by Gasteiger charge is -2.11. The molecule has 0 radical (unpaired) electrons. The zero-order chi connectivity index (χ0) is 18.2. The molecule has 2 amide bonds. The lowest BCUT2D eigenvalue weighted by molar-refractivity contribution is -0.116. The minimum absolute atomic E-state index is 0.00979. The molecular weight excluding hydrogens is 327 g/mol. The van der Waals surface area contributed by atoms with Crippen LogP contribution in [-0.2, 0) is 9.59 Å². The Morgan fingerprint density at radius 1 is 1.08 bits per heavy atom. The van der Waals surface area contributed by atoms with Gasteiger partial charge in [-0.3, -0.25) is 9.59 Å². The number of para-hydroxylation sites is 2. The second kappa shape index (κ2) is 8.68. The standard InChI is InChI=1S/C18H19FN2O4/c1-12(22)20-15-11-13(7-8-14(15)19)21-18(23)9-10-25-17-6-4-3-5-16(17)24-2/h3-8,11H,9-10H2,1-2H3,(H,20,22)(H,21,23). The molecule has 0 aliphatic carbocycles. The van der Waals surface area contributed by atoms with Crippen molar-refractivity contribution in [3.05, 3.63) is 48.3 Å². The van der Waals surface area contributed by atoms with E-state index in [-0.39, 0.29) is 24.6 Å². The highest BCUT2D eigenvalue weighted by molar-refractivity contribution is 5.93. The number of anilines is 2. The third-order valence-electron chi connectivity index (χ3n) is 3.22. The number of carbonyl (C=O) groups excluding carboxylic acids is 2. The van der Waals surface area contributed by atoms with Crippen LogP contribution < -0.4 is 20.1 Å². The number of halogens is 1. The van der Waals surface area contributed by atoms with E-state index in [4.69, 9.17) is 9.47 Å². The molecule has 0 heterocycles. The van der Waals surface area contributed by atoms with Gasteiger partial charge >= 0.3 is 0 Å². The first-order valence-corrected chi connectivity index (χ1v) is 7.62. The van der Waals surface area contributed by atoms with E-state index in [9.17, 15) is 14.0 Å². The number of nitrogens with one attached hydrogen (secondary N) is 2. The van der Waals surface area contributed by atoms with Crippen LogP contribution in [0.1, 0.15) is 13.3 Å². The van der Waals surface area contributed by atoms with E-state index in [0.717, 1.165) is 0 Å². The van der Waals surface area contributed by atoms with E-state index in [0.29, 0.717) is 17.2 Å². The van der Waals surface area contributed by atoms with Crippen molar-refractivity contribution < 1.29 is 23.5 Å². The fraction of sp³-hybridized carbons (Fsp3) is 0.222. The third kappa shape index (κ3) is 5.49.